The molecule has 2 amide bonds. The maximum atomic E-state index is 12.5. The summed E-state index contributed by atoms with van der Waals surface area (Å²) in [5.41, 5.74) is 6.20. The standard InChI is InChI=1S/C20H35N5O4/c1-19(2,3)25-16(21)12-15(22-25)13-9-10-14(11-13)28-17(26)23(7)24(8)18(27)29-20(4,5)6/h12-14H,9-11,21H2,1-8H3/t13-,14+/m0/s1. The number of carbonyl (C=O) groups excluding carboxylic acids is 2. The van der Waals surface area contributed by atoms with Crippen LogP contribution in [0.1, 0.15) is 72.4 Å². The number of nitrogens with zero attached hydrogens (tertiary/aromatic N) is 4. The predicted molar refractivity (Wildman–Crippen MR) is 110 cm³/mol. The molecule has 0 bridgehead atoms. The molecule has 0 radical (unpaired) electrons. The third-order valence-corrected chi connectivity index (χ3v) is 4.83. The first-order chi connectivity index (χ1) is 13.2. The van der Waals surface area contributed by atoms with E-state index in [1.54, 1.807) is 20.8 Å². The van der Waals surface area contributed by atoms with Gasteiger partial charge in [0.2, 0.25) is 0 Å². The zero-order valence-corrected chi connectivity index (χ0v) is 18.9. The van der Waals surface area contributed by atoms with Crippen LogP contribution in [-0.2, 0) is 15.0 Å². The van der Waals surface area contributed by atoms with Crippen LogP contribution in [0.15, 0.2) is 6.07 Å². The van der Waals surface area contributed by atoms with Crippen LogP contribution in [0, 0.1) is 0 Å². The Morgan fingerprint density at radius 3 is 2.21 bits per heavy atom. The summed E-state index contributed by atoms with van der Waals surface area (Å²) in [6.45, 7) is 11.5. The number of ether oxygens (including phenoxy) is 2. The molecule has 9 nitrogen and oxygen atoms in total. The van der Waals surface area contributed by atoms with Gasteiger partial charge in [-0.15, -0.1) is 0 Å². The second-order valence-electron chi connectivity index (χ2n) is 9.62. The van der Waals surface area contributed by atoms with Crippen molar-refractivity contribution in [2.75, 3.05) is 19.8 Å². The number of nitrogens with two attached hydrogens (primary N) is 1. The molecular formula is C20H35N5O4. The van der Waals surface area contributed by atoms with Crippen LogP contribution in [0.2, 0.25) is 0 Å². The van der Waals surface area contributed by atoms with E-state index in [9.17, 15) is 9.59 Å². The van der Waals surface area contributed by atoms with Crippen LogP contribution >= 0.6 is 0 Å². The summed E-state index contributed by atoms with van der Waals surface area (Å²) in [6, 6.07) is 1.91. The van der Waals surface area contributed by atoms with Gasteiger partial charge in [0.1, 0.15) is 17.5 Å². The van der Waals surface area contributed by atoms with Crippen LogP contribution in [0.4, 0.5) is 15.4 Å². The first-order valence-electron chi connectivity index (χ1n) is 9.96. The molecule has 1 aliphatic carbocycles. The largest absolute Gasteiger partial charge is 0.445 e. The lowest BCUT2D eigenvalue weighted by Gasteiger charge is -2.30. The number of anilines is 1. The molecule has 1 aromatic heterocycles. The molecule has 0 saturated heterocycles. The van der Waals surface area contributed by atoms with Crippen LogP contribution in [0.5, 0.6) is 0 Å². The van der Waals surface area contributed by atoms with E-state index in [-0.39, 0.29) is 17.6 Å². The Balaban J connectivity index is 1.94. The molecule has 164 valence electrons. The number of carbonyl (C=O) groups is 2. The van der Waals surface area contributed by atoms with E-state index in [0.717, 1.165) is 28.6 Å². The second-order valence-corrected chi connectivity index (χ2v) is 9.62. The molecule has 1 heterocycles. The van der Waals surface area contributed by atoms with E-state index < -0.39 is 17.8 Å². The average Bonchev–Trinajstić information content (AvgIpc) is 3.17. The van der Waals surface area contributed by atoms with Gasteiger partial charge in [-0.05, 0) is 60.8 Å². The summed E-state index contributed by atoms with van der Waals surface area (Å²) in [6.07, 6.45) is 0.833. The fraction of sp³-hybridized carbons (Fsp3) is 0.750. The van der Waals surface area contributed by atoms with Crippen molar-refractivity contribution in [2.24, 2.45) is 0 Å². The molecule has 1 fully saturated rings. The number of amides is 2. The monoisotopic (exact) mass is 409 g/mol. The van der Waals surface area contributed by atoms with Crippen LogP contribution in [0.25, 0.3) is 0 Å². The average molecular weight is 410 g/mol. The van der Waals surface area contributed by atoms with Gasteiger partial charge < -0.3 is 15.2 Å². The number of aromatic nitrogens is 2. The van der Waals surface area contributed by atoms with Gasteiger partial charge in [0.15, 0.2) is 0 Å². The van der Waals surface area contributed by atoms with E-state index in [1.165, 1.54) is 14.1 Å². The summed E-state index contributed by atoms with van der Waals surface area (Å²) in [7, 11) is 2.94. The highest BCUT2D eigenvalue weighted by atomic mass is 16.6. The van der Waals surface area contributed by atoms with Gasteiger partial charge in [0, 0.05) is 26.1 Å². The highest BCUT2D eigenvalue weighted by molar-refractivity contribution is 5.74. The molecule has 2 atom stereocenters. The molecule has 0 aromatic carbocycles. The van der Waals surface area contributed by atoms with Crippen molar-refractivity contribution >= 4 is 18.0 Å². The third kappa shape index (κ3) is 5.77. The summed E-state index contributed by atoms with van der Waals surface area (Å²) >= 11 is 0. The van der Waals surface area contributed by atoms with Crippen molar-refractivity contribution in [1.29, 1.82) is 0 Å². The van der Waals surface area contributed by atoms with E-state index in [4.69, 9.17) is 15.2 Å². The Labute approximate surface area is 173 Å². The third-order valence-electron chi connectivity index (χ3n) is 4.83. The van der Waals surface area contributed by atoms with Gasteiger partial charge in [-0.2, -0.15) is 5.10 Å². The highest BCUT2D eigenvalue weighted by Crippen LogP contribution is 2.37. The minimum Gasteiger partial charge on any atom is -0.445 e. The van der Waals surface area contributed by atoms with Gasteiger partial charge >= 0.3 is 12.2 Å². The number of hydrazine groups is 1. The fourth-order valence-corrected chi connectivity index (χ4v) is 3.26. The quantitative estimate of drug-likeness (QED) is 0.747. The zero-order valence-electron chi connectivity index (χ0n) is 18.9. The molecule has 9 heteroatoms. The van der Waals surface area contributed by atoms with Crippen molar-refractivity contribution in [3.05, 3.63) is 11.8 Å². The maximum absolute atomic E-state index is 12.5. The minimum absolute atomic E-state index is 0.188. The maximum Gasteiger partial charge on any atom is 0.429 e. The molecule has 2 N–H and O–H groups in total. The Morgan fingerprint density at radius 2 is 1.69 bits per heavy atom. The molecule has 1 aromatic rings. The molecule has 1 saturated carbocycles. The Hall–Kier alpha value is -2.45. The summed E-state index contributed by atoms with van der Waals surface area (Å²) in [5, 5.41) is 6.89. The molecule has 0 aliphatic heterocycles. The first kappa shape index (κ1) is 22.8. The van der Waals surface area contributed by atoms with E-state index in [2.05, 4.69) is 25.9 Å². The van der Waals surface area contributed by atoms with Crippen molar-refractivity contribution in [1.82, 2.24) is 19.8 Å². The number of hydrogen-bond donors (Lipinski definition) is 1. The lowest BCUT2D eigenvalue weighted by molar-refractivity contribution is -0.0321. The number of rotatable bonds is 2. The van der Waals surface area contributed by atoms with Gasteiger partial charge in [-0.3, -0.25) is 0 Å². The van der Waals surface area contributed by atoms with E-state index >= 15 is 0 Å². The van der Waals surface area contributed by atoms with Crippen molar-refractivity contribution in [3.63, 3.8) is 0 Å². The SMILES string of the molecule is CN(C(=O)O[C@@H]1CC[C@H](c2cc(N)n(C(C)(C)C)n2)C1)N(C)C(=O)OC(C)(C)C. The van der Waals surface area contributed by atoms with Crippen LogP contribution in [-0.4, -0.2) is 57.8 Å². The van der Waals surface area contributed by atoms with Crippen LogP contribution in [0.3, 0.4) is 0 Å². The molecule has 1 aliphatic rings. The van der Waals surface area contributed by atoms with Crippen molar-refractivity contribution in [2.45, 2.75) is 84.0 Å². The molecule has 2 rings (SSSR count). The first-order valence-corrected chi connectivity index (χ1v) is 9.96. The van der Waals surface area contributed by atoms with Gasteiger partial charge in [0.25, 0.3) is 0 Å². The topological polar surface area (TPSA) is 103 Å². The van der Waals surface area contributed by atoms with Gasteiger partial charge in [-0.25, -0.2) is 24.3 Å². The Bertz CT molecular complexity index is 747. The molecule has 0 spiro atoms. The number of nitrogen functional groups attached to an aromatic ring is 1. The summed E-state index contributed by atoms with van der Waals surface area (Å²) < 4.78 is 12.7. The Morgan fingerprint density at radius 1 is 1.10 bits per heavy atom. The summed E-state index contributed by atoms with van der Waals surface area (Å²) in [5.74, 6) is 0.819. The van der Waals surface area contributed by atoms with Gasteiger partial charge in [-0.1, -0.05) is 0 Å². The highest BCUT2D eigenvalue weighted by Gasteiger charge is 2.33. The number of hydrogen-bond acceptors (Lipinski definition) is 6. The second kappa shape index (κ2) is 8.12. The molecule has 0 unspecified atom stereocenters. The van der Waals surface area contributed by atoms with Crippen LogP contribution < -0.4 is 5.73 Å². The minimum atomic E-state index is -0.646. The smallest absolute Gasteiger partial charge is 0.429 e. The molecular weight excluding hydrogens is 374 g/mol. The lowest BCUT2D eigenvalue weighted by atomic mass is 10.0. The zero-order chi connectivity index (χ0) is 22.1. The fourth-order valence-electron chi connectivity index (χ4n) is 3.26. The summed E-state index contributed by atoms with van der Waals surface area (Å²) in [4.78, 5) is 24.6. The van der Waals surface area contributed by atoms with Crippen molar-refractivity contribution in [3.8, 4) is 0 Å². The van der Waals surface area contributed by atoms with Gasteiger partial charge in [0.05, 0.1) is 11.2 Å². The molecule has 29 heavy (non-hydrogen) atoms. The lowest BCUT2D eigenvalue weighted by Crippen LogP contribution is -2.47. The Kier molecular flexibility index (Phi) is 6.39. The predicted octanol–water partition coefficient (Wildman–Crippen LogP) is 3.71. The van der Waals surface area contributed by atoms with E-state index in [0.29, 0.717) is 12.2 Å². The van der Waals surface area contributed by atoms with Crippen molar-refractivity contribution < 1.29 is 19.1 Å². The van der Waals surface area contributed by atoms with E-state index in [1.807, 2.05) is 10.7 Å². The normalized spacial score (nSPS) is 19.7.